The summed E-state index contributed by atoms with van der Waals surface area (Å²) in [6, 6.07) is 4.96. The normalized spacial score (nSPS) is 13.0. The molecule has 1 atom stereocenters. The fraction of sp³-hybridized carbons (Fsp3) is 0.250. The average molecular weight is 158 g/mol. The summed E-state index contributed by atoms with van der Waals surface area (Å²) in [4.78, 5) is 0. The predicted octanol–water partition coefficient (Wildman–Crippen LogP) is 1.83. The van der Waals surface area contributed by atoms with Crippen LogP contribution in [0.25, 0.3) is 0 Å². The summed E-state index contributed by atoms with van der Waals surface area (Å²) >= 11 is 0. The fourth-order valence-electron chi connectivity index (χ4n) is 0.777. The van der Waals surface area contributed by atoms with E-state index >= 15 is 0 Å². The first-order valence-electron chi connectivity index (χ1n) is 3.24. The maximum Gasteiger partial charge on any atom is 0.148 e. The Hall–Kier alpha value is -0.960. The molecule has 0 fully saturated rings. The zero-order valence-electron chi connectivity index (χ0n) is 5.80. The van der Waals surface area contributed by atoms with E-state index in [0.717, 1.165) is 12.1 Å². The van der Waals surface area contributed by atoms with E-state index in [9.17, 15) is 8.78 Å². The Labute approximate surface area is 63.3 Å². The lowest BCUT2D eigenvalue weighted by Crippen LogP contribution is -1.96. The first-order chi connectivity index (χ1) is 5.24. The van der Waals surface area contributed by atoms with Crippen molar-refractivity contribution < 1.29 is 13.9 Å². The number of hydrogen-bond donors (Lipinski definition) is 1. The molecule has 0 heterocycles. The highest BCUT2D eigenvalue weighted by atomic mass is 19.1. The summed E-state index contributed by atoms with van der Waals surface area (Å²) in [6.07, 6.45) is -1.41. The SMILES string of the molecule is OCC(F)c1ccc(F)cc1. The van der Waals surface area contributed by atoms with Crippen molar-refractivity contribution in [2.24, 2.45) is 0 Å². The summed E-state index contributed by atoms with van der Waals surface area (Å²) in [7, 11) is 0. The van der Waals surface area contributed by atoms with E-state index in [2.05, 4.69) is 0 Å². The van der Waals surface area contributed by atoms with Gasteiger partial charge in [0.25, 0.3) is 0 Å². The molecule has 0 aliphatic rings. The molecule has 0 saturated carbocycles. The van der Waals surface area contributed by atoms with Gasteiger partial charge >= 0.3 is 0 Å². The molecular weight excluding hydrogens is 150 g/mol. The van der Waals surface area contributed by atoms with Crippen LogP contribution >= 0.6 is 0 Å². The van der Waals surface area contributed by atoms with Crippen molar-refractivity contribution in [2.75, 3.05) is 6.61 Å². The molecule has 0 saturated heterocycles. The molecule has 0 bridgehead atoms. The maximum absolute atomic E-state index is 12.6. The topological polar surface area (TPSA) is 20.2 Å². The van der Waals surface area contributed by atoms with Crippen molar-refractivity contribution in [3.05, 3.63) is 35.6 Å². The second kappa shape index (κ2) is 3.44. The minimum Gasteiger partial charge on any atom is -0.393 e. The molecule has 1 nitrogen and oxygen atoms in total. The molecule has 3 heteroatoms. The molecule has 1 aromatic rings. The number of rotatable bonds is 2. The molecule has 0 radical (unpaired) electrons. The van der Waals surface area contributed by atoms with Crippen molar-refractivity contribution in [3.8, 4) is 0 Å². The van der Waals surface area contributed by atoms with E-state index in [-0.39, 0.29) is 0 Å². The zero-order valence-corrected chi connectivity index (χ0v) is 5.80. The van der Waals surface area contributed by atoms with Crippen LogP contribution in [0.15, 0.2) is 24.3 Å². The van der Waals surface area contributed by atoms with E-state index in [1.165, 1.54) is 12.1 Å². The number of aliphatic hydroxyl groups is 1. The molecule has 60 valence electrons. The Morgan fingerprint density at radius 3 is 2.27 bits per heavy atom. The van der Waals surface area contributed by atoms with Gasteiger partial charge in [0, 0.05) is 0 Å². The van der Waals surface area contributed by atoms with Crippen LogP contribution < -0.4 is 0 Å². The second-order valence-corrected chi connectivity index (χ2v) is 2.20. The molecule has 0 amide bonds. The first kappa shape index (κ1) is 8.14. The number of benzene rings is 1. The molecule has 0 aliphatic heterocycles. The lowest BCUT2D eigenvalue weighted by atomic mass is 10.1. The molecule has 1 rings (SSSR count). The monoisotopic (exact) mass is 158 g/mol. The third-order valence-corrected chi connectivity index (χ3v) is 1.39. The molecule has 0 aliphatic carbocycles. The van der Waals surface area contributed by atoms with Gasteiger partial charge in [-0.15, -0.1) is 0 Å². The lowest BCUT2D eigenvalue weighted by molar-refractivity contribution is 0.180. The van der Waals surface area contributed by atoms with E-state index in [1.807, 2.05) is 0 Å². The Balaban J connectivity index is 2.81. The van der Waals surface area contributed by atoms with Crippen LogP contribution in [-0.4, -0.2) is 11.7 Å². The zero-order chi connectivity index (χ0) is 8.27. The molecule has 0 aromatic heterocycles. The van der Waals surface area contributed by atoms with Gasteiger partial charge in [0.15, 0.2) is 0 Å². The maximum atomic E-state index is 12.6. The third kappa shape index (κ3) is 1.98. The van der Waals surface area contributed by atoms with E-state index in [4.69, 9.17) is 5.11 Å². The largest absolute Gasteiger partial charge is 0.393 e. The van der Waals surface area contributed by atoms with Crippen molar-refractivity contribution in [1.29, 1.82) is 0 Å². The van der Waals surface area contributed by atoms with Crippen molar-refractivity contribution in [2.45, 2.75) is 6.17 Å². The Morgan fingerprint density at radius 1 is 1.27 bits per heavy atom. The summed E-state index contributed by atoms with van der Waals surface area (Å²) in [6.45, 7) is -0.564. The fourth-order valence-corrected chi connectivity index (χ4v) is 0.777. The van der Waals surface area contributed by atoms with Gasteiger partial charge in [0.1, 0.15) is 12.0 Å². The van der Waals surface area contributed by atoms with Crippen LogP contribution in [0.2, 0.25) is 0 Å². The number of aliphatic hydroxyl groups excluding tert-OH is 1. The average Bonchev–Trinajstić information content (AvgIpc) is 2.05. The molecule has 11 heavy (non-hydrogen) atoms. The van der Waals surface area contributed by atoms with Crippen molar-refractivity contribution in [1.82, 2.24) is 0 Å². The number of halogens is 2. The highest BCUT2D eigenvalue weighted by Gasteiger charge is 2.06. The van der Waals surface area contributed by atoms with Gasteiger partial charge in [0.05, 0.1) is 6.61 Å². The van der Waals surface area contributed by atoms with Crippen molar-refractivity contribution >= 4 is 0 Å². The summed E-state index contributed by atoms with van der Waals surface area (Å²) in [5.74, 6) is -0.404. The van der Waals surface area contributed by atoms with E-state index < -0.39 is 18.6 Å². The van der Waals surface area contributed by atoms with Crippen LogP contribution in [0.5, 0.6) is 0 Å². The first-order valence-corrected chi connectivity index (χ1v) is 3.24. The standard InChI is InChI=1S/C8H8F2O/c9-7-3-1-6(2-4-7)8(10)5-11/h1-4,8,11H,5H2. The van der Waals surface area contributed by atoms with Gasteiger partial charge in [-0.25, -0.2) is 8.78 Å². The minimum atomic E-state index is -1.41. The van der Waals surface area contributed by atoms with Crippen LogP contribution in [-0.2, 0) is 0 Å². The summed E-state index contributed by atoms with van der Waals surface area (Å²) < 4.78 is 24.9. The highest BCUT2D eigenvalue weighted by molar-refractivity contribution is 5.18. The Kier molecular flexibility index (Phi) is 2.54. The van der Waals surface area contributed by atoms with E-state index in [1.54, 1.807) is 0 Å². The molecule has 0 spiro atoms. The lowest BCUT2D eigenvalue weighted by Gasteiger charge is -2.02. The van der Waals surface area contributed by atoms with Crippen LogP contribution in [0.1, 0.15) is 11.7 Å². The Bertz CT molecular complexity index is 220. The highest BCUT2D eigenvalue weighted by Crippen LogP contribution is 2.16. The predicted molar refractivity (Wildman–Crippen MR) is 37.3 cm³/mol. The van der Waals surface area contributed by atoms with Gasteiger partial charge in [0.2, 0.25) is 0 Å². The van der Waals surface area contributed by atoms with Gasteiger partial charge < -0.3 is 5.11 Å². The van der Waals surface area contributed by atoms with Crippen LogP contribution in [0, 0.1) is 5.82 Å². The second-order valence-electron chi connectivity index (χ2n) is 2.20. The molecule has 1 aromatic carbocycles. The third-order valence-electron chi connectivity index (χ3n) is 1.39. The smallest absolute Gasteiger partial charge is 0.148 e. The van der Waals surface area contributed by atoms with Crippen LogP contribution in [0.4, 0.5) is 8.78 Å². The van der Waals surface area contributed by atoms with Gasteiger partial charge in [-0.2, -0.15) is 0 Å². The Morgan fingerprint density at radius 2 is 1.82 bits per heavy atom. The van der Waals surface area contributed by atoms with Gasteiger partial charge in [-0.3, -0.25) is 0 Å². The summed E-state index contributed by atoms with van der Waals surface area (Å²) in [5.41, 5.74) is 0.300. The summed E-state index contributed by atoms with van der Waals surface area (Å²) in [5, 5.41) is 8.39. The van der Waals surface area contributed by atoms with E-state index in [0.29, 0.717) is 5.56 Å². The van der Waals surface area contributed by atoms with Gasteiger partial charge in [-0.1, -0.05) is 12.1 Å². The van der Waals surface area contributed by atoms with Crippen molar-refractivity contribution in [3.63, 3.8) is 0 Å². The number of alkyl halides is 1. The molecule has 1 unspecified atom stereocenters. The van der Waals surface area contributed by atoms with Gasteiger partial charge in [-0.05, 0) is 17.7 Å². The molecule has 1 N–H and O–H groups in total. The number of hydrogen-bond acceptors (Lipinski definition) is 1. The van der Waals surface area contributed by atoms with Crippen LogP contribution in [0.3, 0.4) is 0 Å². The quantitative estimate of drug-likeness (QED) is 0.696. The molecular formula is C8H8F2O. The minimum absolute atomic E-state index is 0.300.